The third-order valence-corrected chi connectivity index (χ3v) is 4.95. The van der Waals surface area contributed by atoms with Gasteiger partial charge in [-0.15, -0.1) is 0 Å². The lowest BCUT2D eigenvalue weighted by molar-refractivity contribution is -0.0607. The Morgan fingerprint density at radius 2 is 1.53 bits per heavy atom. The number of ether oxygens (including phenoxy) is 1. The molecule has 1 heterocycles. The summed E-state index contributed by atoms with van der Waals surface area (Å²) in [5.41, 5.74) is 0.00495. The Morgan fingerprint density at radius 3 is 2.05 bits per heavy atom. The summed E-state index contributed by atoms with van der Waals surface area (Å²) in [7, 11) is 0. The average Bonchev–Trinajstić information content (AvgIpc) is 3.09. The highest BCUT2D eigenvalue weighted by atomic mass is 16.6. The monoisotopic (exact) mass is 260 g/mol. The van der Waals surface area contributed by atoms with Crippen molar-refractivity contribution in [3.05, 3.63) is 35.9 Å². The van der Waals surface area contributed by atoms with E-state index in [1.165, 1.54) is 19.3 Å². The molecule has 1 saturated heterocycles. The highest BCUT2D eigenvalue weighted by Crippen LogP contribution is 2.57. The van der Waals surface area contributed by atoms with Crippen LogP contribution >= 0.6 is 0 Å². The first kappa shape index (κ1) is 13.1. The molecule has 104 valence electrons. The van der Waals surface area contributed by atoms with Crippen LogP contribution in [0.3, 0.4) is 0 Å². The van der Waals surface area contributed by atoms with E-state index in [0.29, 0.717) is 0 Å². The van der Waals surface area contributed by atoms with Crippen LogP contribution in [0.2, 0.25) is 0 Å². The summed E-state index contributed by atoms with van der Waals surface area (Å²) in [4.78, 5) is 0. The number of rotatable bonds is 2. The molecule has 0 radical (unpaired) electrons. The van der Waals surface area contributed by atoms with Crippen LogP contribution in [0.1, 0.15) is 57.4 Å². The Kier molecular flexibility index (Phi) is 3.40. The van der Waals surface area contributed by atoms with Gasteiger partial charge in [0.25, 0.3) is 0 Å². The molecule has 3 rings (SSSR count). The molecule has 0 amide bonds. The molecule has 2 nitrogen and oxygen atoms in total. The maximum absolute atomic E-state index is 11.3. The molecule has 1 aliphatic heterocycles. The fourth-order valence-electron chi connectivity index (χ4n) is 3.85. The Labute approximate surface area is 115 Å². The third kappa shape index (κ3) is 2.11. The summed E-state index contributed by atoms with van der Waals surface area (Å²) in [6, 6.07) is 10.3. The number of hydrogen-bond donors (Lipinski definition) is 1. The van der Waals surface area contributed by atoms with Gasteiger partial charge >= 0.3 is 0 Å². The number of aliphatic hydroxyl groups is 1. The Bertz CT molecular complexity index is 420. The van der Waals surface area contributed by atoms with Gasteiger partial charge in [-0.1, -0.05) is 62.4 Å². The van der Waals surface area contributed by atoms with Crippen LogP contribution < -0.4 is 0 Å². The second-order valence-corrected chi connectivity index (χ2v) is 6.16. The van der Waals surface area contributed by atoms with Crippen molar-refractivity contribution in [3.63, 3.8) is 0 Å². The van der Waals surface area contributed by atoms with Crippen molar-refractivity contribution in [3.8, 4) is 0 Å². The van der Waals surface area contributed by atoms with Crippen LogP contribution in [0.25, 0.3) is 0 Å². The molecular weight excluding hydrogens is 236 g/mol. The molecule has 1 aliphatic carbocycles. The zero-order valence-electron chi connectivity index (χ0n) is 11.8. The van der Waals surface area contributed by atoms with Crippen LogP contribution in [0.15, 0.2) is 30.3 Å². The van der Waals surface area contributed by atoms with E-state index in [0.717, 1.165) is 31.2 Å². The van der Waals surface area contributed by atoms with Crippen LogP contribution in [-0.4, -0.2) is 16.8 Å². The van der Waals surface area contributed by atoms with Crippen molar-refractivity contribution >= 4 is 0 Å². The SMILES string of the molecule is C[C@H]1O[C@]1(c1ccccc1)C1(O)CCCCCCC1. The zero-order chi connectivity index (χ0) is 13.3. The van der Waals surface area contributed by atoms with Gasteiger partial charge in [-0.3, -0.25) is 0 Å². The van der Waals surface area contributed by atoms with Crippen LogP contribution in [-0.2, 0) is 10.3 Å². The first-order valence-electron chi connectivity index (χ1n) is 7.65. The molecule has 0 bridgehead atoms. The van der Waals surface area contributed by atoms with Crippen LogP contribution in [0.4, 0.5) is 0 Å². The van der Waals surface area contributed by atoms with Gasteiger partial charge in [-0.2, -0.15) is 0 Å². The maximum atomic E-state index is 11.3. The molecule has 2 fully saturated rings. The molecule has 1 aromatic rings. The van der Waals surface area contributed by atoms with Gasteiger partial charge in [0.2, 0.25) is 0 Å². The zero-order valence-corrected chi connectivity index (χ0v) is 11.8. The number of hydrogen-bond acceptors (Lipinski definition) is 2. The van der Waals surface area contributed by atoms with E-state index in [4.69, 9.17) is 4.74 Å². The highest BCUT2D eigenvalue weighted by Gasteiger charge is 2.66. The molecule has 0 aromatic heterocycles. The molecule has 1 aromatic carbocycles. The van der Waals surface area contributed by atoms with Crippen molar-refractivity contribution in [1.29, 1.82) is 0 Å². The largest absolute Gasteiger partial charge is 0.386 e. The Balaban J connectivity index is 1.92. The van der Waals surface area contributed by atoms with Gasteiger partial charge in [0, 0.05) is 0 Å². The predicted molar refractivity (Wildman–Crippen MR) is 75.9 cm³/mol. The minimum Gasteiger partial charge on any atom is -0.386 e. The quantitative estimate of drug-likeness (QED) is 0.821. The standard InChI is InChI=1S/C17H24O2/c1-14-17(19-14,15-10-6-5-7-11-15)16(18)12-8-3-2-4-9-13-16/h5-7,10-11,14,18H,2-4,8-9,12-13H2,1H3/t14-,17-/m1/s1. The average molecular weight is 260 g/mol. The summed E-state index contributed by atoms with van der Waals surface area (Å²) in [5.74, 6) is 0. The predicted octanol–water partition coefficient (Wildman–Crippen LogP) is 3.78. The summed E-state index contributed by atoms with van der Waals surface area (Å²) in [6.07, 6.45) is 7.87. The molecule has 1 saturated carbocycles. The van der Waals surface area contributed by atoms with Gasteiger partial charge in [-0.05, 0) is 25.3 Å². The minimum absolute atomic E-state index is 0.124. The second-order valence-electron chi connectivity index (χ2n) is 6.16. The fourth-order valence-corrected chi connectivity index (χ4v) is 3.85. The van der Waals surface area contributed by atoms with E-state index in [9.17, 15) is 5.11 Å². The minimum atomic E-state index is -0.686. The third-order valence-electron chi connectivity index (χ3n) is 4.95. The molecule has 0 unspecified atom stereocenters. The second kappa shape index (κ2) is 4.92. The topological polar surface area (TPSA) is 32.8 Å². The van der Waals surface area contributed by atoms with E-state index >= 15 is 0 Å². The van der Waals surface area contributed by atoms with E-state index in [1.54, 1.807) is 0 Å². The summed E-state index contributed by atoms with van der Waals surface area (Å²) in [6.45, 7) is 2.09. The van der Waals surface area contributed by atoms with E-state index in [2.05, 4.69) is 19.1 Å². The van der Waals surface area contributed by atoms with Gasteiger partial charge in [0.15, 0.2) is 0 Å². The van der Waals surface area contributed by atoms with Crippen LogP contribution in [0, 0.1) is 0 Å². The van der Waals surface area contributed by atoms with Crippen molar-refractivity contribution in [2.45, 2.75) is 69.2 Å². The van der Waals surface area contributed by atoms with Crippen LogP contribution in [0.5, 0.6) is 0 Å². The molecule has 2 aliphatic rings. The number of epoxide rings is 1. The Hall–Kier alpha value is -0.860. The van der Waals surface area contributed by atoms with E-state index in [-0.39, 0.29) is 6.10 Å². The normalized spacial score (nSPS) is 34.3. The molecule has 2 heteroatoms. The molecule has 1 N–H and O–H groups in total. The first-order valence-corrected chi connectivity index (χ1v) is 7.65. The van der Waals surface area contributed by atoms with Gasteiger partial charge < -0.3 is 9.84 Å². The molecule has 19 heavy (non-hydrogen) atoms. The molecule has 2 atom stereocenters. The lowest BCUT2D eigenvalue weighted by Gasteiger charge is -2.36. The van der Waals surface area contributed by atoms with E-state index in [1.807, 2.05) is 18.2 Å². The summed E-state index contributed by atoms with van der Waals surface area (Å²) >= 11 is 0. The fraction of sp³-hybridized carbons (Fsp3) is 0.647. The Morgan fingerprint density at radius 1 is 1.00 bits per heavy atom. The van der Waals surface area contributed by atoms with Gasteiger partial charge in [-0.25, -0.2) is 0 Å². The maximum Gasteiger partial charge on any atom is 0.148 e. The summed E-state index contributed by atoms with van der Waals surface area (Å²) < 4.78 is 5.98. The lowest BCUT2D eigenvalue weighted by Crippen LogP contribution is -2.45. The number of benzene rings is 1. The van der Waals surface area contributed by atoms with Crippen molar-refractivity contribution in [2.75, 3.05) is 0 Å². The van der Waals surface area contributed by atoms with Crippen molar-refractivity contribution in [1.82, 2.24) is 0 Å². The van der Waals surface area contributed by atoms with E-state index < -0.39 is 11.2 Å². The highest BCUT2D eigenvalue weighted by molar-refractivity contribution is 5.33. The molecule has 0 spiro atoms. The van der Waals surface area contributed by atoms with Crippen molar-refractivity contribution < 1.29 is 9.84 Å². The lowest BCUT2D eigenvalue weighted by atomic mass is 9.72. The van der Waals surface area contributed by atoms with Crippen molar-refractivity contribution in [2.24, 2.45) is 0 Å². The van der Waals surface area contributed by atoms with Gasteiger partial charge in [0.05, 0.1) is 6.10 Å². The summed E-state index contributed by atoms with van der Waals surface area (Å²) in [5, 5.41) is 11.3. The van der Waals surface area contributed by atoms with Gasteiger partial charge in [0.1, 0.15) is 11.2 Å². The molecular formula is C17H24O2. The first-order chi connectivity index (χ1) is 9.19. The smallest absolute Gasteiger partial charge is 0.148 e.